The van der Waals surface area contributed by atoms with Crippen molar-refractivity contribution < 1.29 is 4.79 Å². The van der Waals surface area contributed by atoms with Crippen molar-refractivity contribution in [3.63, 3.8) is 0 Å². The Morgan fingerprint density at radius 3 is 2.68 bits per heavy atom. The Bertz CT molecular complexity index is 307. The van der Waals surface area contributed by atoms with E-state index in [0.717, 1.165) is 25.1 Å². The second-order valence-electron chi connectivity index (χ2n) is 6.71. The zero-order chi connectivity index (χ0) is 14.6. The van der Waals surface area contributed by atoms with Gasteiger partial charge in [-0.25, -0.2) is 0 Å². The number of nitrogens with one attached hydrogen (secondary N) is 1. The Morgan fingerprint density at radius 1 is 1.47 bits per heavy atom. The fraction of sp³-hybridized carbons (Fsp3) is 0.933. The second kappa shape index (κ2) is 6.98. The Hall–Kier alpha value is -0.220. The van der Waals surface area contributed by atoms with Crippen molar-refractivity contribution in [2.45, 2.75) is 46.6 Å². The van der Waals surface area contributed by atoms with Gasteiger partial charge in [-0.2, -0.15) is 11.8 Å². The van der Waals surface area contributed by atoms with Gasteiger partial charge < -0.3 is 11.1 Å². The van der Waals surface area contributed by atoms with Crippen molar-refractivity contribution in [2.75, 3.05) is 18.6 Å². The third kappa shape index (κ3) is 4.12. The topological polar surface area (TPSA) is 55.1 Å². The van der Waals surface area contributed by atoms with Crippen molar-refractivity contribution >= 4 is 17.7 Å². The third-order valence-corrected chi connectivity index (χ3v) is 5.80. The van der Waals surface area contributed by atoms with Crippen molar-refractivity contribution in [2.24, 2.45) is 28.9 Å². The van der Waals surface area contributed by atoms with Crippen LogP contribution in [0, 0.1) is 23.2 Å². The van der Waals surface area contributed by atoms with E-state index in [-0.39, 0.29) is 23.3 Å². The average Bonchev–Trinajstić information content (AvgIpc) is 2.34. The van der Waals surface area contributed by atoms with E-state index in [1.807, 2.05) is 11.8 Å². The lowest BCUT2D eigenvalue weighted by atomic mass is 9.61. The lowest BCUT2D eigenvalue weighted by Gasteiger charge is -2.46. The summed E-state index contributed by atoms with van der Waals surface area (Å²) >= 11 is 1.83. The van der Waals surface area contributed by atoms with Crippen molar-refractivity contribution in [1.29, 1.82) is 0 Å². The fourth-order valence-corrected chi connectivity index (χ4v) is 3.75. The van der Waals surface area contributed by atoms with Gasteiger partial charge in [-0.05, 0) is 42.1 Å². The minimum atomic E-state index is -0.00943. The Balaban J connectivity index is 2.56. The molecule has 4 heteroatoms. The zero-order valence-corrected chi connectivity index (χ0v) is 13.8. The van der Waals surface area contributed by atoms with E-state index in [1.165, 1.54) is 0 Å². The lowest BCUT2D eigenvalue weighted by Crippen LogP contribution is -2.52. The van der Waals surface area contributed by atoms with Gasteiger partial charge in [-0.15, -0.1) is 0 Å². The van der Waals surface area contributed by atoms with E-state index >= 15 is 0 Å². The molecule has 4 unspecified atom stereocenters. The van der Waals surface area contributed by atoms with Crippen LogP contribution < -0.4 is 11.1 Å². The van der Waals surface area contributed by atoms with Crippen LogP contribution in [-0.2, 0) is 4.79 Å². The highest BCUT2D eigenvalue weighted by Crippen LogP contribution is 2.44. The van der Waals surface area contributed by atoms with Gasteiger partial charge in [0.05, 0.1) is 0 Å². The number of hydrogen-bond donors (Lipinski definition) is 2. The molecule has 0 aromatic carbocycles. The van der Waals surface area contributed by atoms with Crippen LogP contribution in [0.3, 0.4) is 0 Å². The number of thioether (sulfide) groups is 1. The van der Waals surface area contributed by atoms with E-state index in [0.29, 0.717) is 11.8 Å². The number of rotatable bonds is 5. The van der Waals surface area contributed by atoms with Crippen LogP contribution in [0.1, 0.15) is 40.5 Å². The molecule has 1 saturated carbocycles. The first-order valence-electron chi connectivity index (χ1n) is 7.32. The van der Waals surface area contributed by atoms with Crippen LogP contribution in [0.25, 0.3) is 0 Å². The minimum Gasteiger partial charge on any atom is -0.356 e. The maximum Gasteiger partial charge on any atom is 0.223 e. The molecule has 1 fully saturated rings. The summed E-state index contributed by atoms with van der Waals surface area (Å²) in [5, 5.41) is 3.13. The van der Waals surface area contributed by atoms with Crippen molar-refractivity contribution in [3.05, 3.63) is 0 Å². The molecule has 4 atom stereocenters. The molecule has 1 rings (SSSR count). The summed E-state index contributed by atoms with van der Waals surface area (Å²) in [4.78, 5) is 12.4. The number of hydrogen-bond acceptors (Lipinski definition) is 3. The van der Waals surface area contributed by atoms with Gasteiger partial charge in [-0.3, -0.25) is 4.79 Å². The first kappa shape index (κ1) is 16.8. The number of carbonyl (C=O) groups is 1. The molecule has 0 heterocycles. The predicted molar refractivity (Wildman–Crippen MR) is 84.2 cm³/mol. The molecular weight excluding hydrogens is 256 g/mol. The van der Waals surface area contributed by atoms with Crippen LogP contribution in [0.2, 0.25) is 0 Å². The summed E-state index contributed by atoms with van der Waals surface area (Å²) in [6.45, 7) is 9.52. The van der Waals surface area contributed by atoms with E-state index in [9.17, 15) is 4.79 Å². The Labute approximate surface area is 122 Å². The molecule has 1 aliphatic rings. The normalized spacial score (nSPS) is 31.8. The molecule has 0 aromatic rings. The summed E-state index contributed by atoms with van der Waals surface area (Å²) in [7, 11) is 0. The summed E-state index contributed by atoms with van der Waals surface area (Å²) in [5.41, 5.74) is 6.13. The van der Waals surface area contributed by atoms with Crippen molar-refractivity contribution in [1.82, 2.24) is 5.32 Å². The molecule has 1 aliphatic carbocycles. The standard InChI is InChI=1S/C15H30N2OS/c1-10(9-19-5)8-17-14(18)12-6-7-13(16)11(2)15(12,3)4/h10-13H,6-9,16H2,1-5H3,(H,17,18). The summed E-state index contributed by atoms with van der Waals surface area (Å²) in [6.07, 6.45) is 3.98. The van der Waals surface area contributed by atoms with Crippen LogP contribution in [-0.4, -0.2) is 30.5 Å². The molecular formula is C15H30N2OS. The largest absolute Gasteiger partial charge is 0.356 e. The van der Waals surface area contributed by atoms with Crippen LogP contribution in [0.5, 0.6) is 0 Å². The van der Waals surface area contributed by atoms with Crippen LogP contribution >= 0.6 is 11.8 Å². The Morgan fingerprint density at radius 2 is 2.11 bits per heavy atom. The first-order valence-corrected chi connectivity index (χ1v) is 8.72. The maximum absolute atomic E-state index is 12.4. The maximum atomic E-state index is 12.4. The van der Waals surface area contributed by atoms with E-state index in [2.05, 4.69) is 39.3 Å². The number of carbonyl (C=O) groups excluding carboxylic acids is 1. The van der Waals surface area contributed by atoms with E-state index in [4.69, 9.17) is 5.73 Å². The zero-order valence-electron chi connectivity index (χ0n) is 13.0. The molecule has 19 heavy (non-hydrogen) atoms. The molecule has 0 saturated heterocycles. The van der Waals surface area contributed by atoms with Gasteiger partial charge in [-0.1, -0.05) is 27.7 Å². The molecule has 0 aliphatic heterocycles. The number of nitrogens with two attached hydrogens (primary N) is 1. The van der Waals surface area contributed by atoms with E-state index < -0.39 is 0 Å². The number of amides is 1. The van der Waals surface area contributed by atoms with Gasteiger partial charge in [0.1, 0.15) is 0 Å². The SMILES string of the molecule is CSCC(C)CNC(=O)C1CCC(N)C(C)C1(C)C. The van der Waals surface area contributed by atoms with Gasteiger partial charge in [0.15, 0.2) is 0 Å². The van der Waals surface area contributed by atoms with Crippen molar-refractivity contribution in [3.8, 4) is 0 Å². The van der Waals surface area contributed by atoms with E-state index in [1.54, 1.807) is 0 Å². The average molecular weight is 286 g/mol. The molecule has 0 bridgehead atoms. The highest BCUT2D eigenvalue weighted by Gasteiger charge is 2.44. The smallest absolute Gasteiger partial charge is 0.223 e. The summed E-state index contributed by atoms with van der Waals surface area (Å²) < 4.78 is 0. The van der Waals surface area contributed by atoms with Gasteiger partial charge in [0, 0.05) is 18.5 Å². The lowest BCUT2D eigenvalue weighted by molar-refractivity contribution is -0.132. The van der Waals surface area contributed by atoms with Gasteiger partial charge in [0.2, 0.25) is 5.91 Å². The summed E-state index contributed by atoms with van der Waals surface area (Å²) in [5.74, 6) is 2.33. The molecule has 0 spiro atoms. The predicted octanol–water partition coefficient (Wildman–Crippen LogP) is 2.50. The summed E-state index contributed by atoms with van der Waals surface area (Å²) in [6, 6.07) is 0.231. The monoisotopic (exact) mass is 286 g/mol. The molecule has 3 nitrogen and oxygen atoms in total. The van der Waals surface area contributed by atoms with Gasteiger partial charge >= 0.3 is 0 Å². The highest BCUT2D eigenvalue weighted by molar-refractivity contribution is 7.98. The third-order valence-electron chi connectivity index (χ3n) is 4.90. The quantitative estimate of drug-likeness (QED) is 0.816. The molecule has 112 valence electrons. The second-order valence-corrected chi connectivity index (χ2v) is 7.62. The first-order chi connectivity index (χ1) is 8.80. The fourth-order valence-electron chi connectivity index (χ4n) is 3.06. The molecule has 3 N–H and O–H groups in total. The Kier molecular flexibility index (Phi) is 6.18. The highest BCUT2D eigenvalue weighted by atomic mass is 32.2. The molecule has 1 amide bonds. The molecule has 0 radical (unpaired) electrons. The minimum absolute atomic E-state index is 0.00943. The van der Waals surface area contributed by atoms with Gasteiger partial charge in [0.25, 0.3) is 0 Å². The van der Waals surface area contributed by atoms with Crippen LogP contribution in [0.4, 0.5) is 0 Å². The molecule has 0 aromatic heterocycles. The van der Waals surface area contributed by atoms with Crippen LogP contribution in [0.15, 0.2) is 0 Å².